The van der Waals surface area contributed by atoms with E-state index >= 15 is 0 Å². The van der Waals surface area contributed by atoms with Crippen LogP contribution in [-0.2, 0) is 6.42 Å². The number of ether oxygens (including phenoxy) is 1. The second-order valence-corrected chi connectivity index (χ2v) is 7.16. The van der Waals surface area contributed by atoms with E-state index in [1.54, 1.807) is 13.8 Å². The molecule has 0 aliphatic carbocycles. The number of hydrogen-bond acceptors (Lipinski definition) is 7. The number of hydrogen-bond donors (Lipinski definition) is 4. The van der Waals surface area contributed by atoms with Crippen molar-refractivity contribution in [2.24, 2.45) is 0 Å². The van der Waals surface area contributed by atoms with Crippen molar-refractivity contribution >= 4 is 11.0 Å². The fraction of sp³-hybridized carbons (Fsp3) is 0.250. The summed E-state index contributed by atoms with van der Waals surface area (Å²) in [6.45, 7) is 3.44. The van der Waals surface area contributed by atoms with Crippen LogP contribution in [0.3, 0.4) is 0 Å². The van der Waals surface area contributed by atoms with E-state index in [1.165, 1.54) is 30.3 Å². The number of phenols is 2. The molecule has 0 saturated carbocycles. The van der Waals surface area contributed by atoms with Crippen molar-refractivity contribution in [2.45, 2.75) is 32.0 Å². The molecular formula is C20H18O7. The number of aliphatic hydroxyl groups excluding tert-OH is 1. The average Bonchev–Trinajstić information content (AvgIpc) is 2.60. The fourth-order valence-corrected chi connectivity index (χ4v) is 3.23. The zero-order valence-electron chi connectivity index (χ0n) is 14.7. The third-order valence-electron chi connectivity index (χ3n) is 4.90. The van der Waals surface area contributed by atoms with Crippen molar-refractivity contribution in [3.63, 3.8) is 0 Å². The second-order valence-electron chi connectivity index (χ2n) is 7.16. The molecule has 140 valence electrons. The summed E-state index contributed by atoms with van der Waals surface area (Å²) in [5, 5.41) is 40.4. The van der Waals surface area contributed by atoms with Crippen molar-refractivity contribution in [3.05, 3.63) is 46.1 Å². The van der Waals surface area contributed by atoms with Crippen molar-refractivity contribution in [1.29, 1.82) is 0 Å². The highest BCUT2D eigenvalue weighted by Gasteiger charge is 2.38. The molecule has 0 radical (unpaired) electrons. The summed E-state index contributed by atoms with van der Waals surface area (Å²) in [4.78, 5) is 12.7. The maximum absolute atomic E-state index is 12.7. The Labute approximate surface area is 153 Å². The van der Waals surface area contributed by atoms with Crippen LogP contribution in [0.2, 0.25) is 0 Å². The van der Waals surface area contributed by atoms with Crippen molar-refractivity contribution in [2.75, 3.05) is 0 Å². The van der Waals surface area contributed by atoms with Crippen LogP contribution in [0.1, 0.15) is 19.4 Å². The molecule has 0 bridgehead atoms. The lowest BCUT2D eigenvalue weighted by atomic mass is 9.90. The Morgan fingerprint density at radius 3 is 2.41 bits per heavy atom. The van der Waals surface area contributed by atoms with E-state index in [2.05, 4.69) is 0 Å². The molecule has 4 N–H and O–H groups in total. The summed E-state index contributed by atoms with van der Waals surface area (Å²) in [6.07, 6.45) is -0.769. The Kier molecular flexibility index (Phi) is 3.61. The maximum atomic E-state index is 12.7. The van der Waals surface area contributed by atoms with Crippen LogP contribution in [0.25, 0.3) is 22.3 Å². The smallest absolute Gasteiger partial charge is 0.238 e. The van der Waals surface area contributed by atoms with Gasteiger partial charge in [-0.2, -0.15) is 0 Å². The molecule has 0 amide bonds. The molecule has 1 atom stereocenters. The van der Waals surface area contributed by atoms with Gasteiger partial charge in [-0.25, -0.2) is 0 Å². The third-order valence-corrected chi connectivity index (χ3v) is 4.90. The van der Waals surface area contributed by atoms with Gasteiger partial charge in [-0.1, -0.05) is 0 Å². The minimum Gasteiger partial charge on any atom is -0.508 e. The summed E-state index contributed by atoms with van der Waals surface area (Å²) in [5.41, 5.74) is -0.940. The molecule has 3 aromatic rings. The minimum absolute atomic E-state index is 0.0299. The van der Waals surface area contributed by atoms with Crippen LogP contribution >= 0.6 is 0 Å². The number of aromatic hydroxyl groups is 3. The summed E-state index contributed by atoms with van der Waals surface area (Å²) >= 11 is 0. The van der Waals surface area contributed by atoms with E-state index in [1.807, 2.05) is 0 Å². The Balaban J connectivity index is 1.99. The molecule has 2 aromatic carbocycles. The van der Waals surface area contributed by atoms with Gasteiger partial charge in [-0.3, -0.25) is 4.79 Å². The van der Waals surface area contributed by atoms with Crippen LogP contribution in [0.5, 0.6) is 23.0 Å². The summed E-state index contributed by atoms with van der Waals surface area (Å²) in [6, 6.07) is 7.26. The molecule has 1 aliphatic heterocycles. The highest BCUT2D eigenvalue weighted by Crippen LogP contribution is 2.43. The minimum atomic E-state index is -0.871. The molecule has 1 aromatic heterocycles. The lowest BCUT2D eigenvalue weighted by Gasteiger charge is -2.37. The first kappa shape index (κ1) is 17.2. The summed E-state index contributed by atoms with van der Waals surface area (Å²) in [7, 11) is 0. The average molecular weight is 370 g/mol. The highest BCUT2D eigenvalue weighted by atomic mass is 16.5. The number of fused-ring (bicyclic) bond motifs is 2. The highest BCUT2D eigenvalue weighted by molar-refractivity contribution is 5.90. The van der Waals surface area contributed by atoms with Crippen LogP contribution in [0, 0.1) is 0 Å². The van der Waals surface area contributed by atoms with Crippen LogP contribution in [-0.4, -0.2) is 32.1 Å². The number of rotatable bonds is 1. The molecule has 7 nitrogen and oxygen atoms in total. The predicted molar refractivity (Wildman–Crippen MR) is 97.3 cm³/mol. The maximum Gasteiger partial charge on any atom is 0.238 e. The van der Waals surface area contributed by atoms with Crippen LogP contribution < -0.4 is 10.2 Å². The molecule has 27 heavy (non-hydrogen) atoms. The molecule has 7 heteroatoms. The first-order valence-corrected chi connectivity index (χ1v) is 8.40. The standard InChI is InChI=1S/C20H18O7/c1-20(2)14(22)7-11-12(27-20)8-13-15(16(11)23)17(24)18(25)19(26-13)9-3-5-10(21)6-4-9/h3-6,8,14,21-23,25H,7H2,1-2H3. The van der Waals surface area contributed by atoms with Gasteiger partial charge in [-0.05, 0) is 38.1 Å². The quantitative estimate of drug-likeness (QED) is 0.520. The van der Waals surface area contributed by atoms with Crippen LogP contribution in [0.15, 0.2) is 39.5 Å². The summed E-state index contributed by atoms with van der Waals surface area (Å²) < 4.78 is 11.5. The Morgan fingerprint density at radius 2 is 1.74 bits per heavy atom. The van der Waals surface area contributed by atoms with Crippen molar-refractivity contribution < 1.29 is 29.6 Å². The van der Waals surface area contributed by atoms with Gasteiger partial charge in [-0.15, -0.1) is 0 Å². The number of benzene rings is 2. The molecule has 2 heterocycles. The largest absolute Gasteiger partial charge is 0.508 e. The van der Waals surface area contributed by atoms with E-state index in [0.717, 1.165) is 0 Å². The van der Waals surface area contributed by atoms with Gasteiger partial charge >= 0.3 is 0 Å². The lowest BCUT2D eigenvalue weighted by molar-refractivity contribution is -0.0415. The first-order chi connectivity index (χ1) is 12.7. The Bertz CT molecular complexity index is 1110. The monoisotopic (exact) mass is 370 g/mol. The summed E-state index contributed by atoms with van der Waals surface area (Å²) in [5.74, 6) is -0.774. The van der Waals surface area contributed by atoms with Crippen molar-refractivity contribution in [1.82, 2.24) is 0 Å². The van der Waals surface area contributed by atoms with E-state index in [4.69, 9.17) is 9.15 Å². The van der Waals surface area contributed by atoms with Gasteiger partial charge < -0.3 is 29.6 Å². The predicted octanol–water partition coefficient (Wildman–Crippen LogP) is 2.65. The van der Waals surface area contributed by atoms with E-state index in [9.17, 15) is 25.2 Å². The lowest BCUT2D eigenvalue weighted by Crippen LogP contribution is -2.46. The first-order valence-electron chi connectivity index (χ1n) is 8.40. The van der Waals surface area contributed by atoms with E-state index < -0.39 is 22.9 Å². The molecule has 0 saturated heterocycles. The topological polar surface area (TPSA) is 120 Å². The SMILES string of the molecule is CC1(C)Oc2cc3oc(-c4ccc(O)cc4)c(O)c(=O)c3c(O)c2CC1O. The molecule has 1 unspecified atom stereocenters. The molecule has 1 aliphatic rings. The second kappa shape index (κ2) is 5.65. The molecular weight excluding hydrogens is 352 g/mol. The fourth-order valence-electron chi connectivity index (χ4n) is 3.23. The van der Waals surface area contributed by atoms with Gasteiger partial charge in [0.15, 0.2) is 5.76 Å². The molecule has 4 rings (SSSR count). The Morgan fingerprint density at radius 1 is 1.07 bits per heavy atom. The number of phenolic OH excluding ortho intramolecular Hbond substituents is 2. The molecule has 0 spiro atoms. The van der Waals surface area contributed by atoms with E-state index in [-0.39, 0.29) is 34.6 Å². The zero-order chi connectivity index (χ0) is 19.5. The van der Waals surface area contributed by atoms with Crippen molar-refractivity contribution in [3.8, 4) is 34.3 Å². The normalized spacial score (nSPS) is 18.1. The van der Waals surface area contributed by atoms with Gasteiger partial charge in [0.05, 0.1) is 6.10 Å². The zero-order valence-corrected chi connectivity index (χ0v) is 14.7. The van der Waals surface area contributed by atoms with Gasteiger partial charge in [0.1, 0.15) is 33.8 Å². The third kappa shape index (κ3) is 2.59. The number of aliphatic hydroxyl groups is 1. The van der Waals surface area contributed by atoms with Gasteiger partial charge in [0, 0.05) is 23.6 Å². The van der Waals surface area contributed by atoms with Gasteiger partial charge in [0.2, 0.25) is 11.2 Å². The van der Waals surface area contributed by atoms with Gasteiger partial charge in [0.25, 0.3) is 0 Å². The Hall–Kier alpha value is -3.19. The van der Waals surface area contributed by atoms with E-state index in [0.29, 0.717) is 16.9 Å². The molecule has 0 fully saturated rings. The van der Waals surface area contributed by atoms with Crippen LogP contribution in [0.4, 0.5) is 0 Å².